The van der Waals surface area contributed by atoms with Crippen molar-refractivity contribution >= 4 is 33.6 Å². The quantitative estimate of drug-likeness (QED) is 0.0871. The molecule has 7 heteroatoms. The van der Waals surface area contributed by atoms with E-state index in [1.165, 1.54) is 0 Å². The van der Waals surface area contributed by atoms with Gasteiger partial charge in [-0.15, -0.1) is 0 Å². The number of hydrogen-bond acceptors (Lipinski definition) is 5. The summed E-state index contributed by atoms with van der Waals surface area (Å²) in [6.07, 6.45) is 18.1. The summed E-state index contributed by atoms with van der Waals surface area (Å²) in [6, 6.07) is 16.3. The summed E-state index contributed by atoms with van der Waals surface area (Å²) in [5.41, 5.74) is 4.79. The molecule has 0 fully saturated rings. The lowest BCUT2D eigenvalue weighted by molar-refractivity contribution is 0.0705. The molecule has 4 heterocycles. The van der Waals surface area contributed by atoms with Gasteiger partial charge >= 0.3 is 0 Å². The molecule has 0 N–H and O–H groups in total. The van der Waals surface area contributed by atoms with Gasteiger partial charge in [0.1, 0.15) is 5.69 Å². The van der Waals surface area contributed by atoms with Gasteiger partial charge in [-0.05, 0) is 62.8 Å². The molecule has 1 aromatic carbocycles. The highest BCUT2D eigenvalue weighted by molar-refractivity contribution is 6.07. The van der Waals surface area contributed by atoms with Gasteiger partial charge in [-0.3, -0.25) is 14.6 Å². The molecule has 6 bridgehead atoms. The van der Waals surface area contributed by atoms with Gasteiger partial charge in [0.25, 0.3) is 11.8 Å². The Labute approximate surface area is 300 Å². The smallest absolute Gasteiger partial charge is 0.273 e. The third-order valence-corrected chi connectivity index (χ3v) is 10.2. The number of aromatic nitrogens is 3. The lowest BCUT2D eigenvalue weighted by Gasteiger charge is -2.26. The van der Waals surface area contributed by atoms with Crippen molar-refractivity contribution in [1.29, 1.82) is 0 Å². The first-order valence-corrected chi connectivity index (χ1v) is 19.8. The molecule has 5 rings (SSSR count). The third-order valence-electron chi connectivity index (χ3n) is 10.2. The van der Waals surface area contributed by atoms with Crippen molar-refractivity contribution in [3.63, 3.8) is 0 Å². The van der Waals surface area contributed by atoms with Crippen LogP contribution in [0.1, 0.15) is 150 Å². The number of amides is 2. The summed E-state index contributed by atoms with van der Waals surface area (Å²) < 4.78 is 0. The molecule has 0 saturated heterocycles. The standard InChI is InChI=1S/C43H59N5O2/c1-4-7-10-16-29-47(30-17-11-8-5-2)42(49)36-26-28-38-37-27-24-34-22-21-33-23-25-35(44-39(33)40(34)45-37)20-15-13-14-19-32-48(31-18-12-9-6-3)43(50)41(36)46-38/h21-28H,4-20,29-32H2,1-3H3. The van der Waals surface area contributed by atoms with E-state index in [-0.39, 0.29) is 17.5 Å². The second-order valence-electron chi connectivity index (χ2n) is 14.2. The lowest BCUT2D eigenvalue weighted by Crippen LogP contribution is -2.38. The highest BCUT2D eigenvalue weighted by Gasteiger charge is 2.27. The molecule has 2 amide bonds. The fourth-order valence-corrected chi connectivity index (χ4v) is 7.13. The van der Waals surface area contributed by atoms with E-state index in [1.807, 2.05) is 28.0 Å². The van der Waals surface area contributed by atoms with Crippen molar-refractivity contribution in [3.05, 3.63) is 65.5 Å². The molecule has 0 spiro atoms. The van der Waals surface area contributed by atoms with Crippen LogP contribution in [0.15, 0.2) is 48.5 Å². The second kappa shape index (κ2) is 19.5. The van der Waals surface area contributed by atoms with Crippen LogP contribution in [0.25, 0.3) is 33.2 Å². The van der Waals surface area contributed by atoms with Crippen LogP contribution < -0.4 is 0 Å². The molecule has 1 aliphatic heterocycles. The molecular formula is C43H59N5O2. The topological polar surface area (TPSA) is 79.3 Å². The number of aryl methyl sites for hydroxylation is 1. The van der Waals surface area contributed by atoms with Crippen molar-refractivity contribution < 1.29 is 9.59 Å². The largest absolute Gasteiger partial charge is 0.339 e. The Balaban J connectivity index is 1.58. The monoisotopic (exact) mass is 677 g/mol. The Morgan fingerprint density at radius 2 is 1.22 bits per heavy atom. The summed E-state index contributed by atoms with van der Waals surface area (Å²) in [6.45, 7) is 9.38. The number of unbranched alkanes of at least 4 members (excludes halogenated alkanes) is 9. The predicted octanol–water partition coefficient (Wildman–Crippen LogP) is 10.6. The van der Waals surface area contributed by atoms with Crippen LogP contribution >= 0.6 is 0 Å². The molecule has 4 aromatic rings. The highest BCUT2D eigenvalue weighted by atomic mass is 16.2. The number of hydrogen-bond donors (Lipinski definition) is 0. The van der Waals surface area contributed by atoms with Crippen molar-refractivity contribution in [1.82, 2.24) is 24.8 Å². The molecular weight excluding hydrogens is 619 g/mol. The lowest BCUT2D eigenvalue weighted by atomic mass is 10.1. The van der Waals surface area contributed by atoms with Crippen LogP contribution in [0.3, 0.4) is 0 Å². The zero-order chi connectivity index (χ0) is 35.1. The third kappa shape index (κ3) is 9.88. The van der Waals surface area contributed by atoms with Gasteiger partial charge < -0.3 is 9.80 Å². The predicted molar refractivity (Wildman–Crippen MR) is 207 cm³/mol. The number of benzene rings is 1. The van der Waals surface area contributed by atoms with E-state index < -0.39 is 0 Å². The van der Waals surface area contributed by atoms with Crippen LogP contribution in [-0.4, -0.2) is 62.7 Å². The minimum Gasteiger partial charge on any atom is -0.339 e. The number of carbonyl (C=O) groups excluding carboxylic acids is 2. The minimum absolute atomic E-state index is 0.0774. The summed E-state index contributed by atoms with van der Waals surface area (Å²) in [5, 5.41) is 2.08. The van der Waals surface area contributed by atoms with E-state index in [2.05, 4.69) is 51.1 Å². The highest BCUT2D eigenvalue weighted by Crippen LogP contribution is 2.28. The van der Waals surface area contributed by atoms with Crippen LogP contribution in [0.2, 0.25) is 0 Å². The molecule has 0 unspecified atom stereocenters. The van der Waals surface area contributed by atoms with Gasteiger partial charge in [0.15, 0.2) is 0 Å². The van der Waals surface area contributed by atoms with Crippen molar-refractivity contribution in [2.75, 3.05) is 26.2 Å². The molecule has 7 nitrogen and oxygen atoms in total. The van der Waals surface area contributed by atoms with Gasteiger partial charge in [0.2, 0.25) is 0 Å². The molecule has 0 aliphatic carbocycles. The Morgan fingerprint density at radius 3 is 1.92 bits per heavy atom. The Morgan fingerprint density at radius 1 is 0.640 bits per heavy atom. The summed E-state index contributed by atoms with van der Waals surface area (Å²) in [7, 11) is 0. The first-order chi connectivity index (χ1) is 24.5. The zero-order valence-corrected chi connectivity index (χ0v) is 31.0. The molecule has 3 aromatic heterocycles. The average Bonchev–Trinajstić information content (AvgIpc) is 3.15. The SMILES string of the molecule is CCCCCCN(CCCCCC)C(=O)c1ccc2nc1C(=O)N(CCCCCC)CCCCCCc1ccc3ccc4ccc-2nc4c3n1. The summed E-state index contributed by atoms with van der Waals surface area (Å²) in [5.74, 6) is -0.212. The van der Waals surface area contributed by atoms with E-state index in [1.54, 1.807) is 0 Å². The van der Waals surface area contributed by atoms with Crippen molar-refractivity contribution in [3.8, 4) is 11.4 Å². The van der Waals surface area contributed by atoms with Crippen molar-refractivity contribution in [2.24, 2.45) is 0 Å². The van der Waals surface area contributed by atoms with Crippen LogP contribution in [-0.2, 0) is 6.42 Å². The minimum atomic E-state index is -0.135. The fraction of sp³-hybridized carbons (Fsp3) is 0.558. The van der Waals surface area contributed by atoms with Crippen molar-refractivity contribution in [2.45, 2.75) is 130 Å². The second-order valence-corrected chi connectivity index (χ2v) is 14.2. The Bertz CT molecular complexity index is 1690. The number of rotatable bonds is 16. The molecule has 1 aliphatic rings. The number of carbonyl (C=O) groups is 2. The van der Waals surface area contributed by atoms with E-state index in [0.717, 1.165) is 137 Å². The molecule has 0 atom stereocenters. The molecule has 268 valence electrons. The summed E-state index contributed by atoms with van der Waals surface area (Å²) >= 11 is 0. The Hall–Kier alpha value is -3.87. The van der Waals surface area contributed by atoms with Gasteiger partial charge in [-0.2, -0.15) is 0 Å². The number of fused-ring (bicyclic) bond motifs is 5. The van der Waals surface area contributed by atoms with Crippen LogP contribution in [0, 0.1) is 0 Å². The van der Waals surface area contributed by atoms with Gasteiger partial charge in [0, 0.05) is 42.6 Å². The first kappa shape index (κ1) is 37.4. The maximum atomic E-state index is 14.7. The van der Waals surface area contributed by atoms with E-state index in [0.29, 0.717) is 43.1 Å². The van der Waals surface area contributed by atoms with Crippen LogP contribution in [0.4, 0.5) is 0 Å². The average molecular weight is 678 g/mol. The molecule has 0 radical (unpaired) electrons. The van der Waals surface area contributed by atoms with Gasteiger partial charge in [0.05, 0.1) is 28.0 Å². The maximum absolute atomic E-state index is 14.7. The van der Waals surface area contributed by atoms with E-state index >= 15 is 0 Å². The number of nitrogens with zero attached hydrogens (tertiary/aromatic N) is 5. The van der Waals surface area contributed by atoms with Gasteiger partial charge in [-0.1, -0.05) is 116 Å². The zero-order valence-electron chi connectivity index (χ0n) is 31.0. The number of pyridine rings is 3. The first-order valence-electron chi connectivity index (χ1n) is 19.8. The van der Waals surface area contributed by atoms with Crippen LogP contribution in [0.5, 0.6) is 0 Å². The van der Waals surface area contributed by atoms with Gasteiger partial charge in [-0.25, -0.2) is 9.97 Å². The maximum Gasteiger partial charge on any atom is 0.273 e. The van der Waals surface area contributed by atoms with E-state index in [4.69, 9.17) is 15.0 Å². The Kier molecular flexibility index (Phi) is 14.6. The normalized spacial score (nSPS) is 13.9. The fourth-order valence-electron chi connectivity index (χ4n) is 7.13. The summed E-state index contributed by atoms with van der Waals surface area (Å²) in [4.78, 5) is 48.4. The van der Waals surface area contributed by atoms with E-state index in [9.17, 15) is 9.59 Å². The molecule has 0 saturated carbocycles. The molecule has 50 heavy (non-hydrogen) atoms.